The minimum atomic E-state index is 0.000702. The highest BCUT2D eigenvalue weighted by Crippen LogP contribution is 2.47. The van der Waals surface area contributed by atoms with Crippen molar-refractivity contribution in [2.24, 2.45) is 10.8 Å². The van der Waals surface area contributed by atoms with Gasteiger partial charge in [-0.2, -0.15) is 0 Å². The van der Waals surface area contributed by atoms with E-state index in [0.717, 1.165) is 12.6 Å². The van der Waals surface area contributed by atoms with E-state index >= 15 is 0 Å². The number of fused-ring (bicyclic) bond motifs is 2. The molecule has 0 radical (unpaired) electrons. The van der Waals surface area contributed by atoms with E-state index in [2.05, 4.69) is 32.6 Å². The second-order valence-electron chi connectivity index (χ2n) is 6.78. The largest absolute Gasteiger partial charge is 0.384 e. The van der Waals surface area contributed by atoms with Gasteiger partial charge in [-0.15, -0.1) is 0 Å². The summed E-state index contributed by atoms with van der Waals surface area (Å²) in [5, 5.41) is 8.68. The van der Waals surface area contributed by atoms with Gasteiger partial charge in [-0.1, -0.05) is 26.7 Å². The zero-order valence-electron chi connectivity index (χ0n) is 10.8. The fourth-order valence-corrected chi connectivity index (χ4v) is 4.19. The summed E-state index contributed by atoms with van der Waals surface area (Å²) in [5.74, 6) is 5.87. The molecular weight excluding hydrogens is 198 g/mol. The van der Waals surface area contributed by atoms with E-state index < -0.39 is 0 Å². The molecule has 0 aromatic carbocycles. The molecule has 1 saturated carbocycles. The molecule has 2 rings (SSSR count). The third-order valence-electron chi connectivity index (χ3n) is 4.19. The van der Waals surface area contributed by atoms with E-state index in [9.17, 15) is 0 Å². The molecule has 2 nitrogen and oxygen atoms in total. The van der Waals surface area contributed by atoms with Crippen molar-refractivity contribution in [1.82, 2.24) is 0 Å². The fraction of sp³-hybridized carbons (Fsp3) is 0.857. The Balaban J connectivity index is 2.04. The van der Waals surface area contributed by atoms with Gasteiger partial charge in [-0.25, -0.2) is 0 Å². The van der Waals surface area contributed by atoms with Crippen LogP contribution in [0.1, 0.15) is 40.0 Å². The van der Waals surface area contributed by atoms with Gasteiger partial charge in [0, 0.05) is 18.3 Å². The average molecular weight is 222 g/mol. The molecule has 3 atom stereocenters. The molecule has 1 saturated heterocycles. The minimum absolute atomic E-state index is 0.000702. The topological polar surface area (TPSA) is 24.7 Å². The average Bonchev–Trinajstić information content (AvgIpc) is 2.35. The predicted molar refractivity (Wildman–Crippen MR) is 65.1 cm³/mol. The molecule has 1 aliphatic heterocycles. The van der Waals surface area contributed by atoms with Crippen LogP contribution in [0.5, 0.6) is 0 Å². The first-order chi connectivity index (χ1) is 7.44. The van der Waals surface area contributed by atoms with Crippen molar-refractivity contribution >= 4 is 0 Å². The highest BCUT2D eigenvalue weighted by molar-refractivity contribution is 5.00. The molecule has 90 valence electrons. The molecular formula is C14H24NO+. The van der Waals surface area contributed by atoms with E-state index in [4.69, 9.17) is 5.11 Å². The van der Waals surface area contributed by atoms with E-state index in [1.54, 1.807) is 4.90 Å². The monoisotopic (exact) mass is 222 g/mol. The maximum atomic E-state index is 8.68. The lowest BCUT2D eigenvalue weighted by Crippen LogP contribution is -3.13. The van der Waals surface area contributed by atoms with Crippen molar-refractivity contribution in [3.63, 3.8) is 0 Å². The zero-order valence-corrected chi connectivity index (χ0v) is 10.8. The lowest BCUT2D eigenvalue weighted by Gasteiger charge is -2.37. The molecule has 16 heavy (non-hydrogen) atoms. The van der Waals surface area contributed by atoms with Crippen molar-refractivity contribution in [2.45, 2.75) is 46.1 Å². The molecule has 2 N–H and O–H groups in total. The lowest BCUT2D eigenvalue weighted by molar-refractivity contribution is -0.907. The van der Waals surface area contributed by atoms with Crippen LogP contribution in [0.25, 0.3) is 0 Å². The number of aliphatic hydroxyl groups is 1. The molecule has 0 amide bonds. The van der Waals surface area contributed by atoms with Gasteiger partial charge in [0.1, 0.15) is 13.2 Å². The Morgan fingerprint density at radius 1 is 1.25 bits per heavy atom. The molecule has 2 aliphatic rings. The standard InChI is InChI=1S/C14H23NO/c1-13(2)8-12-9-14(3,10-13)11-15(12)6-4-5-7-16/h12,16H,6-11H2,1-3H3/p+1/t12-,14-/m1/s1. The normalized spacial score (nSPS) is 40.2. The number of aliphatic hydroxyl groups excluding tert-OH is 1. The summed E-state index contributed by atoms with van der Waals surface area (Å²) >= 11 is 0. The Morgan fingerprint density at radius 2 is 2.00 bits per heavy atom. The number of nitrogens with one attached hydrogen (secondary N) is 1. The zero-order chi connectivity index (χ0) is 11.8. The van der Waals surface area contributed by atoms with Gasteiger partial charge in [0.05, 0.1) is 12.6 Å². The quantitative estimate of drug-likeness (QED) is 0.619. The molecule has 2 bridgehead atoms. The van der Waals surface area contributed by atoms with Crippen LogP contribution in [0.15, 0.2) is 0 Å². The Bertz CT molecular complexity index is 325. The maximum absolute atomic E-state index is 8.68. The van der Waals surface area contributed by atoms with Crippen molar-refractivity contribution in [2.75, 3.05) is 19.7 Å². The maximum Gasteiger partial charge on any atom is 0.139 e. The van der Waals surface area contributed by atoms with Crippen LogP contribution < -0.4 is 4.90 Å². The highest BCUT2D eigenvalue weighted by atomic mass is 16.2. The minimum Gasteiger partial charge on any atom is -0.384 e. The molecule has 2 heteroatoms. The van der Waals surface area contributed by atoms with Crippen molar-refractivity contribution in [3.05, 3.63) is 0 Å². The lowest BCUT2D eigenvalue weighted by atomic mass is 9.65. The van der Waals surface area contributed by atoms with Crippen molar-refractivity contribution < 1.29 is 10.0 Å². The molecule has 1 unspecified atom stereocenters. The molecule has 1 heterocycles. The van der Waals surface area contributed by atoms with Crippen LogP contribution in [0.3, 0.4) is 0 Å². The van der Waals surface area contributed by atoms with Gasteiger partial charge in [-0.3, -0.25) is 0 Å². The molecule has 2 fully saturated rings. The number of quaternary nitrogens is 1. The summed E-state index contributed by atoms with van der Waals surface area (Å²) in [6, 6.07) is 0.793. The first kappa shape index (κ1) is 12.0. The van der Waals surface area contributed by atoms with Crippen LogP contribution in [0.4, 0.5) is 0 Å². The Hall–Kier alpha value is -0.520. The van der Waals surface area contributed by atoms with E-state index in [1.165, 1.54) is 25.8 Å². The summed E-state index contributed by atoms with van der Waals surface area (Å²) in [6.07, 6.45) is 4.05. The highest BCUT2D eigenvalue weighted by Gasteiger charge is 2.52. The summed E-state index contributed by atoms with van der Waals surface area (Å²) in [7, 11) is 0. The van der Waals surface area contributed by atoms with Crippen LogP contribution in [-0.2, 0) is 0 Å². The van der Waals surface area contributed by atoms with E-state index in [0.29, 0.717) is 10.8 Å². The van der Waals surface area contributed by atoms with Crippen LogP contribution in [0, 0.1) is 22.7 Å². The Labute approximate surface area is 99.0 Å². The second-order valence-corrected chi connectivity index (χ2v) is 6.78. The first-order valence-corrected chi connectivity index (χ1v) is 6.35. The Kier molecular flexibility index (Phi) is 3.03. The van der Waals surface area contributed by atoms with Gasteiger partial charge < -0.3 is 10.0 Å². The van der Waals surface area contributed by atoms with Gasteiger partial charge in [0.25, 0.3) is 0 Å². The van der Waals surface area contributed by atoms with Gasteiger partial charge in [0.15, 0.2) is 0 Å². The molecule has 1 aliphatic carbocycles. The van der Waals surface area contributed by atoms with E-state index in [-0.39, 0.29) is 6.61 Å². The second kappa shape index (κ2) is 4.05. The van der Waals surface area contributed by atoms with Gasteiger partial charge in [0.2, 0.25) is 0 Å². The molecule has 0 spiro atoms. The molecule has 0 aromatic rings. The van der Waals surface area contributed by atoms with Crippen molar-refractivity contribution in [1.29, 1.82) is 0 Å². The first-order valence-electron chi connectivity index (χ1n) is 6.35. The third kappa shape index (κ3) is 2.42. The third-order valence-corrected chi connectivity index (χ3v) is 4.19. The van der Waals surface area contributed by atoms with E-state index in [1.807, 2.05) is 0 Å². The van der Waals surface area contributed by atoms with Crippen LogP contribution in [-0.4, -0.2) is 30.8 Å². The molecule has 0 aromatic heterocycles. The van der Waals surface area contributed by atoms with Crippen molar-refractivity contribution in [3.8, 4) is 11.8 Å². The smallest absolute Gasteiger partial charge is 0.139 e. The summed E-state index contributed by atoms with van der Waals surface area (Å²) in [4.78, 5) is 1.65. The summed E-state index contributed by atoms with van der Waals surface area (Å²) in [5.41, 5.74) is 1.03. The van der Waals surface area contributed by atoms with Gasteiger partial charge in [-0.05, 0) is 17.8 Å². The van der Waals surface area contributed by atoms with Crippen LogP contribution >= 0.6 is 0 Å². The summed E-state index contributed by atoms with van der Waals surface area (Å²) in [6.45, 7) is 9.42. The Morgan fingerprint density at radius 3 is 2.69 bits per heavy atom. The summed E-state index contributed by atoms with van der Waals surface area (Å²) < 4.78 is 0. The SMILES string of the molecule is CC1(C)C[C@@H]2C[C@@](C)(C[NH+]2CC#CCO)C1. The number of likely N-dealkylation sites (tertiary alicyclic amines) is 1. The predicted octanol–water partition coefficient (Wildman–Crippen LogP) is 0.466. The number of hydrogen-bond acceptors (Lipinski definition) is 1. The number of rotatable bonds is 1. The van der Waals surface area contributed by atoms with Gasteiger partial charge >= 0.3 is 0 Å². The number of hydrogen-bond donors (Lipinski definition) is 2. The van der Waals surface area contributed by atoms with Crippen LogP contribution in [0.2, 0.25) is 0 Å². The fourth-order valence-electron chi connectivity index (χ4n) is 4.19.